The maximum atomic E-state index is 13.8. The van der Waals surface area contributed by atoms with Crippen molar-refractivity contribution in [2.45, 2.75) is 0 Å². The van der Waals surface area contributed by atoms with Gasteiger partial charge in [0.1, 0.15) is 5.82 Å². The van der Waals surface area contributed by atoms with E-state index in [1.165, 1.54) is 12.1 Å². The van der Waals surface area contributed by atoms with Gasteiger partial charge in [0.25, 0.3) is 11.8 Å². The van der Waals surface area contributed by atoms with Gasteiger partial charge in [0.05, 0.1) is 5.56 Å². The molecule has 0 aliphatic carbocycles. The smallest absolute Gasteiger partial charge is 0.256 e. The zero-order valence-electron chi connectivity index (χ0n) is 14.0. The number of carbonyl (C=O) groups is 2. The summed E-state index contributed by atoms with van der Waals surface area (Å²) in [6, 6.07) is 11.0. The highest BCUT2D eigenvalue weighted by Gasteiger charge is 2.27. The van der Waals surface area contributed by atoms with Crippen LogP contribution in [0.2, 0.25) is 0 Å². The van der Waals surface area contributed by atoms with E-state index in [9.17, 15) is 14.0 Å². The Hall–Kier alpha value is -3.09. The lowest BCUT2D eigenvalue weighted by Gasteiger charge is -2.35. The van der Waals surface area contributed by atoms with E-state index in [0.29, 0.717) is 43.2 Å². The van der Waals surface area contributed by atoms with Crippen LogP contribution in [0, 0.1) is 5.82 Å². The molecule has 2 aromatic rings. The number of halogens is 1. The lowest BCUT2D eigenvalue weighted by Crippen LogP contribution is -2.50. The van der Waals surface area contributed by atoms with Crippen LogP contribution in [0.15, 0.2) is 42.5 Å². The van der Waals surface area contributed by atoms with Crippen molar-refractivity contribution in [3.05, 3.63) is 59.4 Å². The Morgan fingerprint density at radius 2 is 1.50 bits per heavy atom. The number of fused-ring (bicyclic) bond motifs is 1. The third-order valence-corrected chi connectivity index (χ3v) is 4.58. The van der Waals surface area contributed by atoms with E-state index in [4.69, 9.17) is 9.47 Å². The van der Waals surface area contributed by atoms with Crippen molar-refractivity contribution in [2.75, 3.05) is 33.0 Å². The van der Waals surface area contributed by atoms with Gasteiger partial charge < -0.3 is 19.3 Å². The Balaban J connectivity index is 1.41. The quantitative estimate of drug-likeness (QED) is 0.827. The van der Waals surface area contributed by atoms with Gasteiger partial charge in [0.2, 0.25) is 6.79 Å². The summed E-state index contributed by atoms with van der Waals surface area (Å²) in [5.41, 5.74) is 0.575. The summed E-state index contributed by atoms with van der Waals surface area (Å²) in [4.78, 5) is 28.4. The summed E-state index contributed by atoms with van der Waals surface area (Å²) >= 11 is 0. The average molecular weight is 356 g/mol. The first-order valence-electron chi connectivity index (χ1n) is 8.36. The first kappa shape index (κ1) is 16.4. The molecule has 6 nitrogen and oxygen atoms in total. The van der Waals surface area contributed by atoms with E-state index in [2.05, 4.69) is 0 Å². The molecule has 2 heterocycles. The second kappa shape index (κ2) is 6.67. The van der Waals surface area contributed by atoms with Crippen molar-refractivity contribution in [3.63, 3.8) is 0 Å². The number of hydrogen-bond acceptors (Lipinski definition) is 4. The number of amides is 2. The highest BCUT2D eigenvalue weighted by atomic mass is 19.1. The highest BCUT2D eigenvalue weighted by Crippen LogP contribution is 2.32. The summed E-state index contributed by atoms with van der Waals surface area (Å²) in [6.45, 7) is 1.68. The van der Waals surface area contributed by atoms with Gasteiger partial charge in [-0.2, -0.15) is 0 Å². The first-order chi connectivity index (χ1) is 12.6. The standard InChI is InChI=1S/C19H17FN2O4/c20-15-4-2-1-3-14(15)19(24)22-9-7-21(8-10-22)18(23)13-5-6-16-17(11-13)26-12-25-16/h1-6,11H,7-10,12H2. The monoisotopic (exact) mass is 356 g/mol. The molecule has 4 rings (SSSR count). The van der Waals surface area contributed by atoms with Crippen LogP contribution < -0.4 is 9.47 Å². The SMILES string of the molecule is O=C(c1ccc2c(c1)OCO2)N1CCN(C(=O)c2ccccc2F)CC1. The second-order valence-electron chi connectivity index (χ2n) is 6.13. The number of ether oxygens (including phenoxy) is 2. The first-order valence-corrected chi connectivity index (χ1v) is 8.36. The zero-order valence-corrected chi connectivity index (χ0v) is 14.0. The summed E-state index contributed by atoms with van der Waals surface area (Å²) in [7, 11) is 0. The molecule has 0 aromatic heterocycles. The highest BCUT2D eigenvalue weighted by molar-refractivity contribution is 5.96. The number of nitrogens with zero attached hydrogens (tertiary/aromatic N) is 2. The second-order valence-corrected chi connectivity index (χ2v) is 6.13. The lowest BCUT2D eigenvalue weighted by atomic mass is 10.1. The predicted octanol–water partition coefficient (Wildman–Crippen LogP) is 2.15. The molecule has 0 atom stereocenters. The third-order valence-electron chi connectivity index (χ3n) is 4.58. The van der Waals surface area contributed by atoms with Gasteiger partial charge in [-0.25, -0.2) is 4.39 Å². The number of carbonyl (C=O) groups excluding carboxylic acids is 2. The molecule has 0 saturated carbocycles. The minimum absolute atomic E-state index is 0.0584. The molecule has 2 aliphatic heterocycles. The summed E-state index contributed by atoms with van der Waals surface area (Å²) in [5.74, 6) is 0.182. The van der Waals surface area contributed by atoms with Crippen LogP contribution in [0.4, 0.5) is 4.39 Å². The van der Waals surface area contributed by atoms with Crippen LogP contribution in [0.3, 0.4) is 0 Å². The van der Waals surface area contributed by atoms with Crippen LogP contribution >= 0.6 is 0 Å². The topological polar surface area (TPSA) is 59.1 Å². The molecule has 0 unspecified atom stereocenters. The fourth-order valence-corrected chi connectivity index (χ4v) is 3.13. The summed E-state index contributed by atoms with van der Waals surface area (Å²) in [6.07, 6.45) is 0. The molecule has 0 N–H and O–H groups in total. The molecule has 1 saturated heterocycles. The molecule has 2 aromatic carbocycles. The Morgan fingerprint density at radius 1 is 0.846 bits per heavy atom. The van der Waals surface area contributed by atoms with Crippen LogP contribution in [-0.2, 0) is 0 Å². The predicted molar refractivity (Wildman–Crippen MR) is 90.8 cm³/mol. The minimum atomic E-state index is -0.531. The summed E-state index contributed by atoms with van der Waals surface area (Å²) in [5, 5.41) is 0. The van der Waals surface area contributed by atoms with Gasteiger partial charge in [-0.05, 0) is 30.3 Å². The van der Waals surface area contributed by atoms with E-state index in [-0.39, 0.29) is 24.2 Å². The van der Waals surface area contributed by atoms with Gasteiger partial charge >= 0.3 is 0 Å². The van der Waals surface area contributed by atoms with Gasteiger partial charge in [-0.15, -0.1) is 0 Å². The molecule has 7 heteroatoms. The van der Waals surface area contributed by atoms with Crippen molar-refractivity contribution in [1.82, 2.24) is 9.80 Å². The zero-order chi connectivity index (χ0) is 18.1. The fraction of sp³-hybridized carbons (Fsp3) is 0.263. The van der Waals surface area contributed by atoms with Gasteiger partial charge in [0, 0.05) is 31.7 Å². The van der Waals surface area contributed by atoms with E-state index in [1.54, 1.807) is 40.1 Å². The van der Waals surface area contributed by atoms with Crippen molar-refractivity contribution in [3.8, 4) is 11.5 Å². The number of rotatable bonds is 2. The fourth-order valence-electron chi connectivity index (χ4n) is 3.13. The van der Waals surface area contributed by atoms with E-state index in [1.807, 2.05) is 0 Å². The molecular weight excluding hydrogens is 339 g/mol. The van der Waals surface area contributed by atoms with Crippen LogP contribution in [0.5, 0.6) is 11.5 Å². The van der Waals surface area contributed by atoms with Crippen LogP contribution in [0.1, 0.15) is 20.7 Å². The van der Waals surface area contributed by atoms with Gasteiger partial charge in [-0.1, -0.05) is 12.1 Å². The molecule has 2 amide bonds. The molecule has 1 fully saturated rings. The minimum Gasteiger partial charge on any atom is -0.454 e. The largest absolute Gasteiger partial charge is 0.454 e. The number of hydrogen-bond donors (Lipinski definition) is 0. The maximum absolute atomic E-state index is 13.8. The summed E-state index contributed by atoms with van der Waals surface area (Å²) < 4.78 is 24.3. The normalized spacial score (nSPS) is 15.9. The number of benzene rings is 2. The van der Waals surface area contributed by atoms with Crippen molar-refractivity contribution < 1.29 is 23.5 Å². The molecule has 0 bridgehead atoms. The lowest BCUT2D eigenvalue weighted by molar-refractivity contribution is 0.0532. The van der Waals surface area contributed by atoms with Crippen molar-refractivity contribution in [2.24, 2.45) is 0 Å². The Bertz CT molecular complexity index is 862. The molecular formula is C19H17FN2O4. The van der Waals surface area contributed by atoms with Crippen LogP contribution in [-0.4, -0.2) is 54.6 Å². The maximum Gasteiger partial charge on any atom is 0.256 e. The Morgan fingerprint density at radius 3 is 2.23 bits per heavy atom. The van der Waals surface area contributed by atoms with Gasteiger partial charge in [0.15, 0.2) is 11.5 Å². The Kier molecular flexibility index (Phi) is 4.20. The molecule has 0 spiro atoms. The number of piperazine rings is 1. The van der Waals surface area contributed by atoms with Gasteiger partial charge in [-0.3, -0.25) is 9.59 Å². The molecule has 2 aliphatic rings. The van der Waals surface area contributed by atoms with E-state index < -0.39 is 5.82 Å². The molecule has 0 radical (unpaired) electrons. The van der Waals surface area contributed by atoms with Crippen LogP contribution in [0.25, 0.3) is 0 Å². The molecule has 26 heavy (non-hydrogen) atoms. The van der Waals surface area contributed by atoms with E-state index in [0.717, 1.165) is 0 Å². The van der Waals surface area contributed by atoms with Crippen molar-refractivity contribution in [1.29, 1.82) is 0 Å². The molecule has 134 valence electrons. The Labute approximate surface area is 149 Å². The van der Waals surface area contributed by atoms with Crippen molar-refractivity contribution >= 4 is 11.8 Å². The third kappa shape index (κ3) is 2.96. The van der Waals surface area contributed by atoms with E-state index >= 15 is 0 Å². The average Bonchev–Trinajstić information content (AvgIpc) is 3.15.